The van der Waals surface area contributed by atoms with Crippen molar-refractivity contribution in [1.29, 1.82) is 0 Å². The Morgan fingerprint density at radius 1 is 1.17 bits per heavy atom. The molecule has 1 aliphatic carbocycles. The highest BCUT2D eigenvalue weighted by Crippen LogP contribution is 2.49. The van der Waals surface area contributed by atoms with Crippen molar-refractivity contribution in [1.82, 2.24) is 10.3 Å². The van der Waals surface area contributed by atoms with Crippen molar-refractivity contribution in [3.05, 3.63) is 36.0 Å². The number of carbonyl (C=O) groups excluding carboxylic acids is 2. The SMILES string of the molecule is NC(=O)C1CC2(CCCC2)C(C(=O)c2cc3ccccc3[nH]2)N1. The Morgan fingerprint density at radius 2 is 1.91 bits per heavy atom. The second-order valence-electron chi connectivity index (χ2n) is 6.96. The first-order valence-electron chi connectivity index (χ1n) is 8.26. The lowest BCUT2D eigenvalue weighted by molar-refractivity contribution is -0.119. The molecule has 1 saturated heterocycles. The van der Waals surface area contributed by atoms with Crippen LogP contribution in [0.25, 0.3) is 10.9 Å². The van der Waals surface area contributed by atoms with Crippen molar-refractivity contribution >= 4 is 22.6 Å². The fourth-order valence-corrected chi connectivity index (χ4v) is 4.43. The van der Waals surface area contributed by atoms with Gasteiger partial charge in [-0.05, 0) is 36.8 Å². The standard InChI is InChI=1S/C18H21N3O2/c19-17(23)14-10-18(7-3-4-8-18)16(21-14)15(22)13-9-11-5-1-2-6-12(11)20-13/h1-2,5-6,9,14,16,20-21H,3-4,7-8,10H2,(H2,19,23). The average Bonchev–Trinajstić information content (AvgIpc) is 3.25. The first kappa shape index (κ1) is 14.5. The second kappa shape index (κ2) is 5.20. The van der Waals surface area contributed by atoms with Gasteiger partial charge >= 0.3 is 0 Å². The summed E-state index contributed by atoms with van der Waals surface area (Å²) in [7, 11) is 0. The Balaban J connectivity index is 1.69. The smallest absolute Gasteiger partial charge is 0.234 e. The van der Waals surface area contributed by atoms with Gasteiger partial charge in [-0.25, -0.2) is 0 Å². The number of hydrogen-bond acceptors (Lipinski definition) is 3. The molecule has 1 spiro atoms. The number of nitrogens with one attached hydrogen (secondary N) is 2. The molecule has 2 fully saturated rings. The van der Waals surface area contributed by atoms with E-state index in [1.807, 2.05) is 30.3 Å². The van der Waals surface area contributed by atoms with E-state index in [4.69, 9.17) is 5.73 Å². The first-order valence-corrected chi connectivity index (χ1v) is 8.26. The number of H-pyrrole nitrogens is 1. The van der Waals surface area contributed by atoms with Crippen LogP contribution in [0.2, 0.25) is 0 Å². The molecule has 120 valence electrons. The molecule has 4 rings (SSSR count). The van der Waals surface area contributed by atoms with Gasteiger partial charge in [-0.2, -0.15) is 0 Å². The summed E-state index contributed by atoms with van der Waals surface area (Å²) in [5.41, 5.74) is 6.94. The van der Waals surface area contributed by atoms with Crippen molar-refractivity contribution in [3.63, 3.8) is 0 Å². The minimum Gasteiger partial charge on any atom is -0.368 e. The molecule has 1 aromatic heterocycles. The summed E-state index contributed by atoms with van der Waals surface area (Å²) in [6.45, 7) is 0. The number of hydrogen-bond donors (Lipinski definition) is 3. The van der Waals surface area contributed by atoms with Crippen molar-refractivity contribution in [2.24, 2.45) is 11.1 Å². The maximum atomic E-state index is 13.1. The number of primary amides is 1. The van der Waals surface area contributed by atoms with Crippen LogP contribution in [-0.4, -0.2) is 28.8 Å². The number of aromatic nitrogens is 1. The lowest BCUT2D eigenvalue weighted by Crippen LogP contribution is -2.45. The Hall–Kier alpha value is -2.14. The molecule has 2 aromatic rings. The van der Waals surface area contributed by atoms with Crippen LogP contribution in [0, 0.1) is 5.41 Å². The Bertz CT molecular complexity index is 740. The number of carbonyl (C=O) groups is 2. The first-order chi connectivity index (χ1) is 11.1. The lowest BCUT2D eigenvalue weighted by atomic mass is 9.76. The molecule has 1 aromatic carbocycles. The van der Waals surface area contributed by atoms with Crippen LogP contribution in [-0.2, 0) is 4.79 Å². The van der Waals surface area contributed by atoms with Gasteiger partial charge in [0.15, 0.2) is 5.78 Å². The van der Waals surface area contributed by atoms with Crippen LogP contribution >= 0.6 is 0 Å². The monoisotopic (exact) mass is 311 g/mol. The molecule has 2 heterocycles. The predicted molar refractivity (Wildman–Crippen MR) is 88.1 cm³/mol. The molecule has 5 nitrogen and oxygen atoms in total. The Morgan fingerprint density at radius 3 is 2.61 bits per heavy atom. The average molecular weight is 311 g/mol. The van der Waals surface area contributed by atoms with Gasteiger partial charge in [-0.3, -0.25) is 14.9 Å². The Labute approximate surface area is 134 Å². The molecule has 2 atom stereocenters. The zero-order valence-corrected chi connectivity index (χ0v) is 13.0. The third-order valence-corrected chi connectivity index (χ3v) is 5.59. The van der Waals surface area contributed by atoms with Crippen LogP contribution < -0.4 is 11.1 Å². The van der Waals surface area contributed by atoms with Crippen LogP contribution in [0.15, 0.2) is 30.3 Å². The van der Waals surface area contributed by atoms with E-state index in [1.54, 1.807) is 0 Å². The lowest BCUT2D eigenvalue weighted by Gasteiger charge is -2.28. The minimum atomic E-state index is -0.397. The molecule has 0 bridgehead atoms. The predicted octanol–water partition coefficient (Wildman–Crippen LogP) is 2.13. The minimum absolute atomic E-state index is 0.0480. The summed E-state index contributed by atoms with van der Waals surface area (Å²) in [5, 5.41) is 4.25. The van der Waals surface area contributed by atoms with Gasteiger partial charge in [-0.15, -0.1) is 0 Å². The second-order valence-corrected chi connectivity index (χ2v) is 6.96. The molecule has 23 heavy (non-hydrogen) atoms. The number of rotatable bonds is 3. The van der Waals surface area contributed by atoms with E-state index in [0.717, 1.165) is 36.6 Å². The highest BCUT2D eigenvalue weighted by Gasteiger charge is 2.53. The Kier molecular flexibility index (Phi) is 3.27. The summed E-state index contributed by atoms with van der Waals surface area (Å²) >= 11 is 0. The van der Waals surface area contributed by atoms with Gasteiger partial charge in [0.2, 0.25) is 5.91 Å². The number of amides is 1. The normalized spacial score (nSPS) is 26.1. The number of aromatic amines is 1. The van der Waals surface area contributed by atoms with E-state index < -0.39 is 6.04 Å². The zero-order chi connectivity index (χ0) is 16.0. The fourth-order valence-electron chi connectivity index (χ4n) is 4.43. The molecule has 5 heteroatoms. The highest BCUT2D eigenvalue weighted by molar-refractivity contribution is 6.03. The number of Topliss-reactive ketones (excluding diaryl/α,β-unsaturated/α-hetero) is 1. The number of fused-ring (bicyclic) bond motifs is 1. The number of benzene rings is 1. The van der Waals surface area contributed by atoms with Gasteiger partial charge in [0, 0.05) is 10.9 Å². The summed E-state index contributed by atoms with van der Waals surface area (Å²) in [4.78, 5) is 27.9. The fraction of sp³-hybridized carbons (Fsp3) is 0.444. The summed E-state index contributed by atoms with van der Waals surface area (Å²) in [5.74, 6) is -0.310. The zero-order valence-electron chi connectivity index (χ0n) is 13.0. The molecule has 4 N–H and O–H groups in total. The van der Waals surface area contributed by atoms with Crippen LogP contribution in [0.4, 0.5) is 0 Å². The number of para-hydroxylation sites is 1. The maximum absolute atomic E-state index is 13.1. The summed E-state index contributed by atoms with van der Waals surface area (Å²) < 4.78 is 0. The van der Waals surface area contributed by atoms with Crippen LogP contribution in [0.3, 0.4) is 0 Å². The topological polar surface area (TPSA) is 88.0 Å². The van der Waals surface area contributed by atoms with E-state index in [9.17, 15) is 9.59 Å². The molecular formula is C18H21N3O2. The van der Waals surface area contributed by atoms with Crippen LogP contribution in [0.5, 0.6) is 0 Å². The molecule has 1 aliphatic heterocycles. The van der Waals surface area contributed by atoms with Gasteiger partial charge in [0.25, 0.3) is 0 Å². The van der Waals surface area contributed by atoms with Gasteiger partial charge in [0.1, 0.15) is 0 Å². The third-order valence-electron chi connectivity index (χ3n) is 5.59. The van der Waals surface area contributed by atoms with Crippen molar-refractivity contribution in [2.75, 3.05) is 0 Å². The highest BCUT2D eigenvalue weighted by atomic mass is 16.1. The third kappa shape index (κ3) is 2.27. The molecule has 2 aliphatic rings. The largest absolute Gasteiger partial charge is 0.368 e. The number of nitrogens with two attached hydrogens (primary N) is 1. The molecule has 1 saturated carbocycles. The summed E-state index contributed by atoms with van der Waals surface area (Å²) in [6.07, 6.45) is 4.88. The van der Waals surface area contributed by atoms with Gasteiger partial charge in [0.05, 0.1) is 17.8 Å². The van der Waals surface area contributed by atoms with Crippen molar-refractivity contribution < 1.29 is 9.59 Å². The number of ketones is 1. The van der Waals surface area contributed by atoms with Crippen LogP contribution in [0.1, 0.15) is 42.6 Å². The van der Waals surface area contributed by atoms with E-state index >= 15 is 0 Å². The van der Waals surface area contributed by atoms with Gasteiger partial charge < -0.3 is 10.7 Å². The van der Waals surface area contributed by atoms with Crippen molar-refractivity contribution in [3.8, 4) is 0 Å². The van der Waals surface area contributed by atoms with E-state index in [0.29, 0.717) is 12.1 Å². The van der Waals surface area contributed by atoms with E-state index in [2.05, 4.69) is 10.3 Å². The molecular weight excluding hydrogens is 290 g/mol. The molecule has 0 radical (unpaired) electrons. The van der Waals surface area contributed by atoms with E-state index in [-0.39, 0.29) is 23.1 Å². The molecule has 1 amide bonds. The maximum Gasteiger partial charge on any atom is 0.234 e. The quantitative estimate of drug-likeness (QED) is 0.759. The van der Waals surface area contributed by atoms with E-state index in [1.165, 1.54) is 0 Å². The molecule has 2 unspecified atom stereocenters. The van der Waals surface area contributed by atoms with Gasteiger partial charge in [-0.1, -0.05) is 31.0 Å². The van der Waals surface area contributed by atoms with Crippen molar-refractivity contribution in [2.45, 2.75) is 44.2 Å². The summed E-state index contributed by atoms with van der Waals surface area (Å²) in [6, 6.07) is 9.04.